The summed E-state index contributed by atoms with van der Waals surface area (Å²) in [6, 6.07) is 15.9. The van der Waals surface area contributed by atoms with Gasteiger partial charge in [0.05, 0.1) is 10.6 Å². The Labute approximate surface area is 197 Å². The van der Waals surface area contributed by atoms with Gasteiger partial charge in [-0.05, 0) is 60.7 Å². The number of oxime groups is 1. The van der Waals surface area contributed by atoms with Gasteiger partial charge >= 0.3 is 5.97 Å². The van der Waals surface area contributed by atoms with E-state index in [9.17, 15) is 9.59 Å². The summed E-state index contributed by atoms with van der Waals surface area (Å²) in [7, 11) is 0. The van der Waals surface area contributed by atoms with Crippen LogP contribution in [0.15, 0.2) is 59.1 Å². The molecule has 4 rings (SSSR count). The molecule has 0 N–H and O–H groups in total. The number of hydrogen-bond acceptors (Lipinski definition) is 5. The highest BCUT2D eigenvalue weighted by atomic mass is 32.1. The molecular formula is C27H28N2O3S. The van der Waals surface area contributed by atoms with Crippen molar-refractivity contribution in [2.75, 3.05) is 0 Å². The van der Waals surface area contributed by atoms with Crippen molar-refractivity contribution in [1.29, 1.82) is 0 Å². The first-order chi connectivity index (χ1) is 16.0. The average Bonchev–Trinajstić information content (AvgIpc) is 3.46. The minimum Gasteiger partial charge on any atom is -0.340 e. The van der Waals surface area contributed by atoms with Crippen LogP contribution in [0, 0.1) is 0 Å². The topological polar surface area (TPSA) is 60.7 Å². The van der Waals surface area contributed by atoms with Gasteiger partial charge in [-0.3, -0.25) is 4.79 Å². The van der Waals surface area contributed by atoms with Crippen molar-refractivity contribution in [1.82, 2.24) is 4.57 Å². The molecule has 0 amide bonds. The summed E-state index contributed by atoms with van der Waals surface area (Å²) < 4.78 is 2.35. The van der Waals surface area contributed by atoms with Crippen LogP contribution in [0.2, 0.25) is 0 Å². The van der Waals surface area contributed by atoms with Crippen LogP contribution in [0.3, 0.4) is 0 Å². The molecule has 0 radical (unpaired) electrons. The number of benzene rings is 2. The molecular weight excluding hydrogens is 432 g/mol. The molecule has 0 aliphatic heterocycles. The van der Waals surface area contributed by atoms with Crippen LogP contribution in [0.4, 0.5) is 0 Å². The predicted octanol–water partition coefficient (Wildman–Crippen LogP) is 6.95. The molecule has 33 heavy (non-hydrogen) atoms. The fraction of sp³-hybridized carbons (Fsp3) is 0.296. The lowest BCUT2D eigenvalue weighted by Crippen LogP contribution is -2.00. The monoisotopic (exact) mass is 460 g/mol. The smallest absolute Gasteiger partial charge is 0.331 e. The van der Waals surface area contributed by atoms with E-state index in [4.69, 9.17) is 4.84 Å². The quantitative estimate of drug-likeness (QED) is 0.0892. The molecule has 0 spiro atoms. The number of unbranched alkanes of at least 4 members (excludes halogenated alkanes) is 3. The van der Waals surface area contributed by atoms with Crippen LogP contribution in [0.25, 0.3) is 21.8 Å². The standard InChI is InChI=1S/C27H28N2O3S/c1-4-5-6-7-14-29-24-12-10-20(18(2)28-32-19(3)30)16-22(24)23-17-21(11-13-25(23)29)27(31)26-9-8-15-33-26/h8-13,15-17H,4-7,14H2,1-3H3/b28-18+. The Kier molecular flexibility index (Phi) is 7.04. The van der Waals surface area contributed by atoms with Crippen molar-refractivity contribution < 1.29 is 14.4 Å². The number of aryl methyl sites for hydroxylation is 1. The fourth-order valence-corrected chi connectivity index (χ4v) is 4.83. The fourth-order valence-electron chi connectivity index (χ4n) is 4.14. The molecule has 0 aliphatic rings. The number of aromatic nitrogens is 1. The Morgan fingerprint density at radius 3 is 2.27 bits per heavy atom. The van der Waals surface area contributed by atoms with Crippen LogP contribution in [0.5, 0.6) is 0 Å². The minimum atomic E-state index is -0.448. The molecule has 2 aromatic heterocycles. The van der Waals surface area contributed by atoms with E-state index in [0.29, 0.717) is 11.3 Å². The second-order valence-electron chi connectivity index (χ2n) is 8.24. The SMILES string of the molecule is CCCCCCn1c2ccc(C(=O)c3cccs3)cc2c2cc(/C(C)=N/OC(C)=O)ccc21. The number of thiophene rings is 1. The van der Waals surface area contributed by atoms with Crippen LogP contribution in [-0.2, 0) is 16.2 Å². The molecule has 6 heteroatoms. The van der Waals surface area contributed by atoms with Gasteiger partial charge in [0.2, 0.25) is 5.78 Å². The molecule has 0 fully saturated rings. The first kappa shape index (κ1) is 22.9. The number of hydrogen-bond donors (Lipinski definition) is 0. The molecule has 0 bridgehead atoms. The lowest BCUT2D eigenvalue weighted by Gasteiger charge is -2.08. The minimum absolute atomic E-state index is 0.0412. The van der Waals surface area contributed by atoms with Gasteiger partial charge in [0, 0.05) is 40.8 Å². The Hall–Kier alpha value is -3.25. The third-order valence-corrected chi connectivity index (χ3v) is 6.70. The number of ketones is 1. The normalized spacial score (nSPS) is 11.9. The Morgan fingerprint density at radius 2 is 1.64 bits per heavy atom. The first-order valence-corrected chi connectivity index (χ1v) is 12.2. The van der Waals surface area contributed by atoms with Crippen molar-refractivity contribution in [3.8, 4) is 0 Å². The van der Waals surface area contributed by atoms with Crippen molar-refractivity contribution in [2.45, 2.75) is 53.0 Å². The second kappa shape index (κ2) is 10.1. The largest absolute Gasteiger partial charge is 0.340 e. The van der Waals surface area contributed by atoms with Crippen LogP contribution < -0.4 is 0 Å². The van der Waals surface area contributed by atoms with E-state index in [0.717, 1.165) is 45.2 Å². The van der Waals surface area contributed by atoms with Gasteiger partial charge in [-0.15, -0.1) is 11.3 Å². The van der Waals surface area contributed by atoms with E-state index in [2.05, 4.69) is 34.8 Å². The van der Waals surface area contributed by atoms with Gasteiger partial charge in [-0.1, -0.05) is 43.5 Å². The van der Waals surface area contributed by atoms with Gasteiger partial charge in [0.15, 0.2) is 0 Å². The molecule has 4 aromatic rings. The highest BCUT2D eigenvalue weighted by Crippen LogP contribution is 2.32. The lowest BCUT2D eigenvalue weighted by atomic mass is 10.0. The third kappa shape index (κ3) is 4.91. The van der Waals surface area contributed by atoms with E-state index < -0.39 is 5.97 Å². The summed E-state index contributed by atoms with van der Waals surface area (Å²) in [5.74, 6) is -0.407. The molecule has 0 atom stereocenters. The van der Waals surface area contributed by atoms with Crippen LogP contribution in [-0.4, -0.2) is 22.0 Å². The van der Waals surface area contributed by atoms with Crippen molar-refractivity contribution in [3.05, 3.63) is 69.9 Å². The molecule has 2 aromatic carbocycles. The summed E-state index contributed by atoms with van der Waals surface area (Å²) >= 11 is 1.46. The van der Waals surface area contributed by atoms with E-state index in [1.165, 1.54) is 37.5 Å². The van der Waals surface area contributed by atoms with E-state index in [-0.39, 0.29) is 5.78 Å². The molecule has 5 nitrogen and oxygen atoms in total. The molecule has 2 heterocycles. The predicted molar refractivity (Wildman–Crippen MR) is 135 cm³/mol. The zero-order valence-electron chi connectivity index (χ0n) is 19.3. The summed E-state index contributed by atoms with van der Waals surface area (Å²) in [5.41, 5.74) is 4.44. The van der Waals surface area contributed by atoms with Gasteiger partial charge in [0.25, 0.3) is 0 Å². The third-order valence-electron chi connectivity index (χ3n) is 5.84. The molecule has 0 aliphatic carbocycles. The molecule has 170 valence electrons. The molecule has 0 saturated heterocycles. The maximum Gasteiger partial charge on any atom is 0.331 e. The second-order valence-corrected chi connectivity index (χ2v) is 9.19. The number of carbonyl (C=O) groups is 2. The van der Waals surface area contributed by atoms with Gasteiger partial charge < -0.3 is 9.40 Å². The van der Waals surface area contributed by atoms with Crippen LogP contribution >= 0.6 is 11.3 Å². The number of nitrogens with zero attached hydrogens (tertiary/aromatic N) is 2. The maximum absolute atomic E-state index is 13.0. The molecule has 0 unspecified atom stereocenters. The Morgan fingerprint density at radius 1 is 0.939 bits per heavy atom. The van der Waals surface area contributed by atoms with Crippen molar-refractivity contribution >= 4 is 50.6 Å². The number of carbonyl (C=O) groups excluding carboxylic acids is 2. The summed E-state index contributed by atoms with van der Waals surface area (Å²) in [5, 5.41) is 7.98. The number of fused-ring (bicyclic) bond motifs is 3. The maximum atomic E-state index is 13.0. The first-order valence-electron chi connectivity index (χ1n) is 11.4. The highest BCUT2D eigenvalue weighted by molar-refractivity contribution is 7.12. The summed E-state index contributed by atoms with van der Waals surface area (Å²) in [6.07, 6.45) is 4.73. The van der Waals surface area contributed by atoms with Gasteiger partial charge in [-0.2, -0.15) is 0 Å². The van der Waals surface area contributed by atoms with Crippen molar-refractivity contribution in [2.24, 2.45) is 5.16 Å². The van der Waals surface area contributed by atoms with Gasteiger partial charge in [0.1, 0.15) is 0 Å². The van der Waals surface area contributed by atoms with E-state index >= 15 is 0 Å². The van der Waals surface area contributed by atoms with Crippen molar-refractivity contribution in [3.63, 3.8) is 0 Å². The summed E-state index contributed by atoms with van der Waals surface area (Å²) in [6.45, 7) is 6.30. The average molecular weight is 461 g/mol. The lowest BCUT2D eigenvalue weighted by molar-refractivity contribution is -0.140. The number of rotatable bonds is 9. The van der Waals surface area contributed by atoms with E-state index in [1.54, 1.807) is 0 Å². The van der Waals surface area contributed by atoms with E-state index in [1.807, 2.05) is 42.6 Å². The van der Waals surface area contributed by atoms with Gasteiger partial charge in [-0.25, -0.2) is 4.79 Å². The van der Waals surface area contributed by atoms with Crippen LogP contribution in [0.1, 0.15) is 67.3 Å². The Bertz CT molecular complexity index is 1330. The zero-order chi connectivity index (χ0) is 23.4. The molecule has 0 saturated carbocycles. The Balaban J connectivity index is 1.82. The highest BCUT2D eigenvalue weighted by Gasteiger charge is 2.16. The summed E-state index contributed by atoms with van der Waals surface area (Å²) in [4.78, 5) is 29.7. The zero-order valence-corrected chi connectivity index (χ0v) is 20.1.